The van der Waals surface area contributed by atoms with E-state index >= 15 is 0 Å². The molecule has 2 aliphatic rings. The first kappa shape index (κ1) is 21.0. The fourth-order valence-corrected chi connectivity index (χ4v) is 5.07. The number of aromatic nitrogens is 3. The van der Waals surface area contributed by atoms with Gasteiger partial charge in [-0.3, -0.25) is 4.79 Å². The van der Waals surface area contributed by atoms with Crippen molar-refractivity contribution in [3.63, 3.8) is 0 Å². The Morgan fingerprint density at radius 3 is 2.84 bits per heavy atom. The van der Waals surface area contributed by atoms with E-state index < -0.39 is 0 Å². The second-order valence-electron chi connectivity index (χ2n) is 8.53. The normalized spacial score (nSPS) is 20.6. The first-order valence-corrected chi connectivity index (χ1v) is 11.3. The molecule has 1 fully saturated rings. The van der Waals surface area contributed by atoms with Crippen LogP contribution in [0.5, 0.6) is 0 Å². The Morgan fingerprint density at radius 1 is 1.28 bits per heavy atom. The number of carbonyl (C=O) groups excluding carboxylic acids is 1. The molecule has 2 aliphatic heterocycles. The van der Waals surface area contributed by atoms with Crippen LogP contribution >= 0.6 is 11.6 Å². The van der Waals surface area contributed by atoms with Crippen molar-refractivity contribution < 1.29 is 9.18 Å². The van der Waals surface area contributed by atoms with Crippen LogP contribution in [0, 0.1) is 5.82 Å². The molecule has 9 heteroatoms. The summed E-state index contributed by atoms with van der Waals surface area (Å²) in [5, 5.41) is 5.36. The Bertz CT molecular complexity index is 1260. The van der Waals surface area contributed by atoms with Gasteiger partial charge in [0, 0.05) is 36.5 Å². The van der Waals surface area contributed by atoms with Gasteiger partial charge in [0.15, 0.2) is 5.65 Å². The van der Waals surface area contributed by atoms with E-state index in [0.717, 1.165) is 22.7 Å². The zero-order chi connectivity index (χ0) is 22.6. The molecule has 5 rings (SSSR count). The van der Waals surface area contributed by atoms with Gasteiger partial charge in [-0.1, -0.05) is 36.1 Å². The van der Waals surface area contributed by atoms with Crippen molar-refractivity contribution in [1.29, 1.82) is 0 Å². The third-order valence-corrected chi connectivity index (χ3v) is 6.95. The highest BCUT2D eigenvalue weighted by atomic mass is 35.5. The Balaban J connectivity index is 1.50. The molecule has 2 unspecified atom stereocenters. The van der Waals surface area contributed by atoms with Gasteiger partial charge in [0.1, 0.15) is 24.5 Å². The van der Waals surface area contributed by atoms with Crippen LogP contribution in [0.15, 0.2) is 41.6 Å². The number of rotatable bonds is 3. The average molecular weight is 452 g/mol. The molecule has 6 nitrogen and oxygen atoms in total. The van der Waals surface area contributed by atoms with E-state index in [-0.39, 0.29) is 23.8 Å². The molecule has 32 heavy (non-hydrogen) atoms. The largest absolute Gasteiger partial charge is 0.355 e. The number of hydrogen-bond acceptors (Lipinski definition) is 4. The van der Waals surface area contributed by atoms with Crippen LogP contribution in [0.3, 0.4) is 0 Å². The molecule has 1 amide bonds. The summed E-state index contributed by atoms with van der Waals surface area (Å²) in [4.78, 5) is 22.1. The zero-order valence-corrected chi connectivity index (χ0v) is 19.1. The minimum Gasteiger partial charge on any atom is -0.355 e. The highest BCUT2D eigenvalue weighted by molar-refractivity contribution is 6.32. The molecular weight excluding hydrogens is 428 g/mol. The summed E-state index contributed by atoms with van der Waals surface area (Å²) >= 11 is 6.31. The number of fused-ring (bicyclic) bond motifs is 2. The molecule has 2 aromatic heterocycles. The number of piperazine rings is 1. The lowest BCUT2D eigenvalue weighted by Gasteiger charge is -2.44. The molecule has 4 heterocycles. The van der Waals surface area contributed by atoms with Crippen LogP contribution in [0.1, 0.15) is 36.5 Å². The van der Waals surface area contributed by atoms with Crippen LogP contribution in [0.25, 0.3) is 16.9 Å². The van der Waals surface area contributed by atoms with Gasteiger partial charge in [0.2, 0.25) is 0 Å². The minimum atomic E-state index is -0.321. The van der Waals surface area contributed by atoms with Crippen molar-refractivity contribution >= 4 is 36.5 Å². The van der Waals surface area contributed by atoms with Crippen LogP contribution < -0.4 is 5.46 Å². The van der Waals surface area contributed by atoms with E-state index in [2.05, 4.69) is 21.9 Å². The fourth-order valence-electron chi connectivity index (χ4n) is 4.77. The predicted molar refractivity (Wildman–Crippen MR) is 125 cm³/mol. The van der Waals surface area contributed by atoms with E-state index in [0.29, 0.717) is 42.1 Å². The van der Waals surface area contributed by atoms with Gasteiger partial charge in [-0.25, -0.2) is 13.9 Å². The molecule has 0 spiro atoms. The van der Waals surface area contributed by atoms with Gasteiger partial charge in [0.25, 0.3) is 5.91 Å². The van der Waals surface area contributed by atoms with Gasteiger partial charge < -0.3 is 9.80 Å². The maximum Gasteiger partial charge on any atom is 0.272 e. The summed E-state index contributed by atoms with van der Waals surface area (Å²) < 4.78 is 16.2. The van der Waals surface area contributed by atoms with Gasteiger partial charge >= 0.3 is 0 Å². The topological polar surface area (TPSA) is 53.7 Å². The first-order valence-electron chi connectivity index (χ1n) is 11.0. The summed E-state index contributed by atoms with van der Waals surface area (Å²) in [6.45, 7) is 5.37. The Hall–Kier alpha value is -2.87. The van der Waals surface area contributed by atoms with Crippen molar-refractivity contribution in [2.75, 3.05) is 13.1 Å². The molecule has 1 aromatic carbocycles. The summed E-state index contributed by atoms with van der Waals surface area (Å²) in [5.41, 5.74) is 3.56. The lowest BCUT2D eigenvalue weighted by molar-refractivity contribution is 0.0406. The van der Waals surface area contributed by atoms with Gasteiger partial charge in [-0.15, -0.1) is 0 Å². The zero-order valence-electron chi connectivity index (χ0n) is 18.3. The monoisotopic (exact) mass is 451 g/mol. The number of hydrogen-bond donors (Lipinski definition) is 0. The third kappa shape index (κ3) is 3.37. The second-order valence-corrected chi connectivity index (χ2v) is 8.92. The van der Waals surface area contributed by atoms with Crippen LogP contribution in [0.4, 0.5) is 4.39 Å². The highest BCUT2D eigenvalue weighted by Gasteiger charge is 2.39. The SMILES string of the molecule is Bc1ccc(-c2cc3nc(C(=O)N4CCN5C(Cl)=CCC5C4C)cc(CC)n3n2)c(F)c1. The first-order chi connectivity index (χ1) is 15.4. The van der Waals surface area contributed by atoms with Crippen molar-refractivity contribution in [2.45, 2.75) is 38.8 Å². The molecule has 0 radical (unpaired) electrons. The quantitative estimate of drug-likeness (QED) is 0.453. The molecule has 1 saturated heterocycles. The van der Waals surface area contributed by atoms with Crippen LogP contribution in [-0.2, 0) is 6.42 Å². The number of aryl methyl sites for hydroxylation is 1. The Morgan fingerprint density at radius 2 is 2.09 bits per heavy atom. The molecule has 0 aliphatic carbocycles. The predicted octanol–water partition coefficient (Wildman–Crippen LogP) is 2.36. The molecule has 0 N–H and O–H groups in total. The van der Waals surface area contributed by atoms with Crippen molar-refractivity contribution in [2.24, 2.45) is 0 Å². The minimum absolute atomic E-state index is 0.0222. The molecule has 164 valence electrons. The number of amides is 1. The van der Waals surface area contributed by atoms with Crippen LogP contribution in [-0.4, -0.2) is 63.3 Å². The molecule has 0 saturated carbocycles. The smallest absolute Gasteiger partial charge is 0.272 e. The molecular formula is C23H24BClFN5O. The number of nitrogens with zero attached hydrogens (tertiary/aromatic N) is 5. The summed E-state index contributed by atoms with van der Waals surface area (Å²) in [6, 6.07) is 8.84. The highest BCUT2D eigenvalue weighted by Crippen LogP contribution is 2.32. The number of carbonyl (C=O) groups is 1. The third-order valence-electron chi connectivity index (χ3n) is 6.58. The summed E-state index contributed by atoms with van der Waals surface area (Å²) in [5.74, 6) is -0.417. The van der Waals surface area contributed by atoms with Gasteiger partial charge in [-0.05, 0) is 38.0 Å². The van der Waals surface area contributed by atoms with Gasteiger partial charge in [-0.2, -0.15) is 5.10 Å². The van der Waals surface area contributed by atoms with E-state index in [4.69, 9.17) is 11.6 Å². The Labute approximate surface area is 192 Å². The average Bonchev–Trinajstić information content (AvgIpc) is 3.37. The molecule has 2 atom stereocenters. The standard InChI is InChI=1S/C23H24BClFN5O/c1-3-15-11-19(23(32)29-8-9-30-20(13(29)2)6-7-21(30)25)27-22-12-18(28-31(15)22)16-5-4-14(24)10-17(16)26/h4-5,7,10-13,20H,3,6,8-9,24H2,1-2H3. The number of halogens is 2. The summed E-state index contributed by atoms with van der Waals surface area (Å²) in [6.07, 6.45) is 3.53. The van der Waals surface area contributed by atoms with Crippen LogP contribution in [0.2, 0.25) is 0 Å². The number of benzene rings is 1. The maximum absolute atomic E-state index is 14.5. The van der Waals surface area contributed by atoms with E-state index in [1.54, 1.807) is 22.7 Å². The van der Waals surface area contributed by atoms with Gasteiger partial charge in [0.05, 0.1) is 11.7 Å². The van der Waals surface area contributed by atoms with E-state index in [1.807, 2.05) is 31.8 Å². The van der Waals surface area contributed by atoms with E-state index in [9.17, 15) is 9.18 Å². The maximum atomic E-state index is 14.5. The molecule has 3 aromatic rings. The Kier molecular flexibility index (Phi) is 5.20. The summed E-state index contributed by atoms with van der Waals surface area (Å²) in [7, 11) is 1.85. The fraction of sp³-hybridized carbons (Fsp3) is 0.348. The second kappa shape index (κ2) is 7.92. The van der Waals surface area contributed by atoms with Crippen molar-refractivity contribution in [3.05, 3.63) is 58.8 Å². The molecule has 0 bridgehead atoms. The van der Waals surface area contributed by atoms with Crippen molar-refractivity contribution in [3.8, 4) is 11.3 Å². The van der Waals surface area contributed by atoms with Crippen molar-refractivity contribution in [1.82, 2.24) is 24.4 Å². The lowest BCUT2D eigenvalue weighted by Crippen LogP contribution is -2.57. The lowest BCUT2D eigenvalue weighted by atomic mass is 9.94. The van der Waals surface area contributed by atoms with E-state index in [1.165, 1.54) is 6.07 Å².